The summed E-state index contributed by atoms with van der Waals surface area (Å²) in [6, 6.07) is 14.2. The van der Waals surface area contributed by atoms with Gasteiger partial charge in [-0.2, -0.15) is 0 Å². The fraction of sp³-hybridized carbons (Fsp3) is 0.478. The topological polar surface area (TPSA) is 75.8 Å². The van der Waals surface area contributed by atoms with Gasteiger partial charge in [-0.25, -0.2) is 4.39 Å². The van der Waals surface area contributed by atoms with Crippen molar-refractivity contribution < 1.29 is 27.4 Å². The predicted octanol–water partition coefficient (Wildman–Crippen LogP) is 2.19. The van der Waals surface area contributed by atoms with Gasteiger partial charge in [0.2, 0.25) is 0 Å². The Morgan fingerprint density at radius 3 is 1.97 bits per heavy atom. The molecule has 3 atom stereocenters. The molecule has 0 amide bonds. The molecule has 2 heterocycles. The van der Waals surface area contributed by atoms with Crippen molar-refractivity contribution in [2.24, 2.45) is 0 Å². The molecule has 0 aromatic heterocycles. The van der Waals surface area contributed by atoms with Crippen molar-refractivity contribution in [3.05, 3.63) is 59.7 Å². The van der Waals surface area contributed by atoms with Gasteiger partial charge in [0.1, 0.15) is 30.9 Å². The highest BCUT2D eigenvalue weighted by atomic mass is 32.3. The minimum atomic E-state index is -1.36. The van der Waals surface area contributed by atoms with E-state index in [1.165, 1.54) is 13.1 Å². The van der Waals surface area contributed by atoms with Gasteiger partial charge in [0.05, 0.1) is 28.2 Å². The van der Waals surface area contributed by atoms with Crippen LogP contribution in [0, 0.1) is 0 Å². The van der Waals surface area contributed by atoms with Crippen LogP contribution < -0.4 is 9.47 Å². The summed E-state index contributed by atoms with van der Waals surface area (Å²) in [5, 5.41) is 9.33. The minimum Gasteiger partial charge on any atom is -0.494 e. The number of ether oxygens (including phenoxy) is 2. The molecule has 6 nitrogen and oxygen atoms in total. The number of nitrogens with zero attached hydrogens (tertiary/aromatic N) is 1. The van der Waals surface area contributed by atoms with E-state index in [-0.39, 0.29) is 6.61 Å². The van der Waals surface area contributed by atoms with Crippen LogP contribution >= 0.6 is 0 Å². The lowest BCUT2D eigenvalue weighted by atomic mass is 10.0. The van der Waals surface area contributed by atoms with E-state index in [0.29, 0.717) is 29.4 Å². The van der Waals surface area contributed by atoms with E-state index in [0.717, 1.165) is 24.3 Å². The van der Waals surface area contributed by atoms with E-state index in [9.17, 15) is 17.9 Å². The van der Waals surface area contributed by atoms with Crippen molar-refractivity contribution in [1.82, 2.24) is 4.90 Å². The molecule has 2 aromatic rings. The van der Waals surface area contributed by atoms with Gasteiger partial charge < -0.3 is 19.5 Å². The van der Waals surface area contributed by atoms with Gasteiger partial charge in [0.25, 0.3) is 0 Å². The van der Waals surface area contributed by atoms with E-state index >= 15 is 0 Å². The number of benzene rings is 2. The van der Waals surface area contributed by atoms with Crippen LogP contribution in [0.4, 0.5) is 4.39 Å². The Labute approximate surface area is 192 Å². The summed E-state index contributed by atoms with van der Waals surface area (Å²) in [6.45, 7) is 3.01. The Bertz CT molecular complexity index is 934. The second-order valence-electron chi connectivity index (χ2n) is 7.93. The van der Waals surface area contributed by atoms with Crippen LogP contribution in [0.3, 0.4) is 0 Å². The minimum absolute atomic E-state index is 0.154. The molecule has 9 heteroatoms. The summed E-state index contributed by atoms with van der Waals surface area (Å²) in [5.74, 6) is 1.92. The lowest BCUT2D eigenvalue weighted by molar-refractivity contribution is 0.0842. The lowest BCUT2D eigenvalue weighted by Crippen LogP contribution is -2.33. The molecule has 0 saturated carbocycles. The fourth-order valence-electron chi connectivity index (χ4n) is 3.79. The number of rotatable bonds is 11. The molecule has 0 radical (unpaired) electrons. The van der Waals surface area contributed by atoms with Crippen molar-refractivity contribution in [1.29, 1.82) is 0 Å². The second kappa shape index (κ2) is 10.4. The van der Waals surface area contributed by atoms with Crippen molar-refractivity contribution in [3.63, 3.8) is 0 Å². The number of aliphatic hydroxyl groups is 1. The number of hydrogen-bond donors (Lipinski definition) is 1. The van der Waals surface area contributed by atoms with Crippen LogP contribution in [0.1, 0.15) is 17.5 Å². The zero-order valence-corrected chi connectivity index (χ0v) is 19.4. The summed E-state index contributed by atoms with van der Waals surface area (Å²) < 4.78 is 48.9. The Morgan fingerprint density at radius 2 is 1.47 bits per heavy atom. The smallest absolute Gasteiger partial charge is 0.170 e. The van der Waals surface area contributed by atoms with Gasteiger partial charge in [-0.1, -0.05) is 24.3 Å². The number of hydrogen-bond acceptors (Lipinski definition) is 6. The van der Waals surface area contributed by atoms with Crippen LogP contribution in [0.2, 0.25) is 0 Å². The van der Waals surface area contributed by atoms with Gasteiger partial charge in [-0.15, -0.1) is 0 Å². The maximum atomic E-state index is 13.2. The second-order valence-corrected chi connectivity index (χ2v) is 11.6. The summed E-state index contributed by atoms with van der Waals surface area (Å²) in [4.78, 5) is 2.35. The monoisotopic (exact) mass is 481 g/mol. The molecule has 174 valence electrons. The van der Waals surface area contributed by atoms with E-state index in [1.807, 2.05) is 24.3 Å². The first-order chi connectivity index (χ1) is 15.5. The van der Waals surface area contributed by atoms with E-state index < -0.39 is 38.5 Å². The van der Waals surface area contributed by atoms with Crippen molar-refractivity contribution in [2.75, 3.05) is 51.0 Å². The van der Waals surface area contributed by atoms with Crippen LogP contribution in [0.25, 0.3) is 0 Å². The standard InChI is InChI=1S/C23H28FNO5S2/c24-16-20(26)17-30-22-8-4-19(5-9-22)23(31(27)14-15-32(23)28)18-2-6-21(7-3-18)29-13-1-10-25-11-12-25/h2-9,20,26H,1,10-17H2. The van der Waals surface area contributed by atoms with Gasteiger partial charge in [-0.3, -0.25) is 8.42 Å². The Kier molecular flexibility index (Phi) is 7.60. The number of aliphatic hydroxyl groups excluding tert-OH is 1. The van der Waals surface area contributed by atoms with Crippen LogP contribution in [0.5, 0.6) is 11.5 Å². The van der Waals surface area contributed by atoms with Crippen molar-refractivity contribution in [2.45, 2.75) is 16.6 Å². The first-order valence-corrected chi connectivity index (χ1v) is 13.4. The summed E-state index contributed by atoms with van der Waals surface area (Å²) in [6.07, 6.45) is -0.209. The average Bonchev–Trinajstić information content (AvgIpc) is 3.60. The first kappa shape index (κ1) is 23.4. The van der Waals surface area contributed by atoms with Gasteiger partial charge >= 0.3 is 0 Å². The van der Waals surface area contributed by atoms with Gasteiger partial charge in [0.15, 0.2) is 4.08 Å². The van der Waals surface area contributed by atoms with Gasteiger partial charge in [0, 0.05) is 31.1 Å². The summed E-state index contributed by atoms with van der Waals surface area (Å²) in [7, 11) is -2.72. The van der Waals surface area contributed by atoms with Crippen molar-refractivity contribution in [3.8, 4) is 11.5 Å². The molecular formula is C23H28FNO5S2. The van der Waals surface area contributed by atoms with E-state index in [1.54, 1.807) is 24.3 Å². The third kappa shape index (κ3) is 5.06. The van der Waals surface area contributed by atoms with Crippen LogP contribution in [-0.4, -0.2) is 75.6 Å². The normalized spacial score (nSPS) is 26.1. The van der Waals surface area contributed by atoms with E-state index in [4.69, 9.17) is 9.47 Å². The van der Waals surface area contributed by atoms with E-state index in [2.05, 4.69) is 4.90 Å². The third-order valence-corrected chi connectivity index (χ3v) is 10.4. The highest BCUT2D eigenvalue weighted by Crippen LogP contribution is 2.44. The fourth-order valence-corrected chi connectivity index (χ4v) is 8.50. The molecule has 4 rings (SSSR count). The molecule has 2 saturated heterocycles. The lowest BCUT2D eigenvalue weighted by Gasteiger charge is -2.28. The zero-order valence-electron chi connectivity index (χ0n) is 17.8. The maximum Gasteiger partial charge on any atom is 0.170 e. The molecule has 2 aliphatic heterocycles. The molecule has 2 fully saturated rings. The Hall–Kier alpha value is -1.81. The molecule has 2 aliphatic rings. The molecule has 3 unspecified atom stereocenters. The van der Waals surface area contributed by atoms with Gasteiger partial charge in [-0.05, 0) is 41.8 Å². The molecule has 0 aliphatic carbocycles. The molecule has 0 bridgehead atoms. The number of alkyl halides is 1. The summed E-state index contributed by atoms with van der Waals surface area (Å²) >= 11 is 0. The van der Waals surface area contributed by atoms with Crippen molar-refractivity contribution >= 4 is 21.6 Å². The highest BCUT2D eigenvalue weighted by molar-refractivity contribution is 8.07. The molecule has 2 aromatic carbocycles. The number of halogens is 1. The zero-order chi connectivity index (χ0) is 22.6. The van der Waals surface area contributed by atoms with Crippen LogP contribution in [-0.2, 0) is 25.7 Å². The predicted molar refractivity (Wildman–Crippen MR) is 124 cm³/mol. The highest BCUT2D eigenvalue weighted by Gasteiger charge is 2.50. The molecule has 1 N–H and O–H groups in total. The largest absolute Gasteiger partial charge is 0.494 e. The maximum absolute atomic E-state index is 13.2. The summed E-state index contributed by atoms with van der Waals surface area (Å²) in [5.41, 5.74) is 1.40. The quantitative estimate of drug-likeness (QED) is 0.392. The van der Waals surface area contributed by atoms with Crippen LogP contribution in [0.15, 0.2) is 48.5 Å². The molecular weight excluding hydrogens is 453 g/mol. The average molecular weight is 482 g/mol. The third-order valence-electron chi connectivity index (χ3n) is 5.61. The Balaban J connectivity index is 1.52. The first-order valence-electron chi connectivity index (χ1n) is 10.7. The SMILES string of the molecule is O=S1CCS(=O)C1(c1ccc(OCCCN2CC2)cc1)c1ccc(OCC(O)CF)cc1. The molecule has 32 heavy (non-hydrogen) atoms. The molecule has 0 spiro atoms. The Morgan fingerprint density at radius 1 is 0.938 bits per heavy atom.